The van der Waals surface area contributed by atoms with E-state index in [-0.39, 0.29) is 11.6 Å². The third-order valence-electron chi connectivity index (χ3n) is 1.59. The van der Waals surface area contributed by atoms with Crippen molar-refractivity contribution in [2.75, 3.05) is 0 Å². The minimum absolute atomic E-state index is 0.144. The highest BCUT2D eigenvalue weighted by Crippen LogP contribution is 2.24. The molecule has 0 aliphatic carbocycles. The summed E-state index contributed by atoms with van der Waals surface area (Å²) in [6.07, 6.45) is 5.25. The second kappa shape index (κ2) is 2.03. The fourth-order valence-corrected chi connectivity index (χ4v) is 1.09. The summed E-state index contributed by atoms with van der Waals surface area (Å²) in [4.78, 5) is 0. The van der Waals surface area contributed by atoms with Crippen molar-refractivity contribution >= 4 is 0 Å². The Hall–Kier alpha value is -0.500. The van der Waals surface area contributed by atoms with Gasteiger partial charge < -0.3 is 11.1 Å². The average Bonchev–Trinajstić information content (AvgIpc) is 1.60. The van der Waals surface area contributed by atoms with Crippen LogP contribution in [0.5, 0.6) is 0 Å². The lowest BCUT2D eigenvalue weighted by atomic mass is 9.86. The molecule has 0 radical (unpaired) electrons. The van der Waals surface area contributed by atoms with Crippen molar-refractivity contribution in [1.82, 2.24) is 5.32 Å². The van der Waals surface area contributed by atoms with Crippen LogP contribution in [0.1, 0.15) is 20.3 Å². The first-order chi connectivity index (χ1) is 4.10. The Morgan fingerprint density at radius 1 is 1.67 bits per heavy atom. The lowest BCUT2D eigenvalue weighted by Crippen LogP contribution is -2.40. The van der Waals surface area contributed by atoms with Gasteiger partial charge in [-0.05, 0) is 18.0 Å². The van der Waals surface area contributed by atoms with Gasteiger partial charge in [-0.15, -0.1) is 0 Å². The van der Waals surface area contributed by atoms with Gasteiger partial charge in [0.05, 0.1) is 6.17 Å². The van der Waals surface area contributed by atoms with Crippen molar-refractivity contribution in [3.63, 3.8) is 0 Å². The highest BCUT2D eigenvalue weighted by Gasteiger charge is 2.20. The third kappa shape index (κ3) is 1.72. The van der Waals surface area contributed by atoms with E-state index in [0.29, 0.717) is 0 Å². The molecule has 3 N–H and O–H groups in total. The minimum atomic E-state index is 0.144. The van der Waals surface area contributed by atoms with Crippen molar-refractivity contribution in [1.29, 1.82) is 0 Å². The number of rotatable bonds is 0. The van der Waals surface area contributed by atoms with E-state index in [0.717, 1.165) is 6.42 Å². The largest absolute Gasteiger partial charge is 0.376 e. The van der Waals surface area contributed by atoms with Crippen molar-refractivity contribution < 1.29 is 0 Å². The molecule has 52 valence electrons. The summed E-state index contributed by atoms with van der Waals surface area (Å²) >= 11 is 0. The summed E-state index contributed by atoms with van der Waals surface area (Å²) < 4.78 is 0. The quantitative estimate of drug-likeness (QED) is 0.504. The first-order valence-corrected chi connectivity index (χ1v) is 3.29. The van der Waals surface area contributed by atoms with Gasteiger partial charge in [-0.3, -0.25) is 0 Å². The normalized spacial score (nSPS) is 31.7. The zero-order chi connectivity index (χ0) is 6.91. The van der Waals surface area contributed by atoms with Gasteiger partial charge in [-0.1, -0.05) is 19.9 Å². The highest BCUT2D eigenvalue weighted by atomic mass is 15.0. The maximum atomic E-state index is 5.65. The summed E-state index contributed by atoms with van der Waals surface area (Å²) in [6.45, 7) is 4.37. The zero-order valence-electron chi connectivity index (χ0n) is 6.02. The molecule has 0 aromatic rings. The molecule has 1 aliphatic heterocycles. The Morgan fingerprint density at radius 3 is 2.67 bits per heavy atom. The molecule has 0 amide bonds. The van der Waals surface area contributed by atoms with Crippen LogP contribution in [0.2, 0.25) is 0 Å². The van der Waals surface area contributed by atoms with Crippen LogP contribution in [-0.4, -0.2) is 6.17 Å². The monoisotopic (exact) mass is 126 g/mol. The average molecular weight is 126 g/mol. The molecule has 0 aromatic carbocycles. The fraction of sp³-hybridized carbons (Fsp3) is 0.714. The predicted molar refractivity (Wildman–Crippen MR) is 38.6 cm³/mol. The van der Waals surface area contributed by atoms with Crippen molar-refractivity contribution in [2.45, 2.75) is 26.4 Å². The Morgan fingerprint density at radius 2 is 2.33 bits per heavy atom. The molecule has 1 heterocycles. The van der Waals surface area contributed by atoms with Gasteiger partial charge in [0.25, 0.3) is 0 Å². The Kier molecular flexibility index (Phi) is 1.49. The number of nitrogens with one attached hydrogen (secondary N) is 1. The molecule has 1 aliphatic rings. The summed E-state index contributed by atoms with van der Waals surface area (Å²) in [5, 5.41) is 3.03. The van der Waals surface area contributed by atoms with Crippen LogP contribution < -0.4 is 11.1 Å². The van der Waals surface area contributed by atoms with E-state index in [1.807, 2.05) is 6.20 Å². The van der Waals surface area contributed by atoms with Gasteiger partial charge in [0.2, 0.25) is 0 Å². The first kappa shape index (κ1) is 6.62. The van der Waals surface area contributed by atoms with E-state index in [1.165, 1.54) is 0 Å². The first-order valence-electron chi connectivity index (χ1n) is 3.29. The molecule has 9 heavy (non-hydrogen) atoms. The zero-order valence-corrected chi connectivity index (χ0v) is 6.02. The van der Waals surface area contributed by atoms with Gasteiger partial charge >= 0.3 is 0 Å². The van der Waals surface area contributed by atoms with Gasteiger partial charge in [0, 0.05) is 0 Å². The summed E-state index contributed by atoms with van der Waals surface area (Å²) in [7, 11) is 0. The summed E-state index contributed by atoms with van der Waals surface area (Å²) in [6, 6.07) is 0. The highest BCUT2D eigenvalue weighted by molar-refractivity contribution is 5.00. The van der Waals surface area contributed by atoms with E-state index in [1.54, 1.807) is 0 Å². The Labute approximate surface area is 56.1 Å². The van der Waals surface area contributed by atoms with Gasteiger partial charge in [0.15, 0.2) is 0 Å². The van der Waals surface area contributed by atoms with E-state index in [4.69, 9.17) is 5.73 Å². The molecule has 0 saturated heterocycles. The number of hydrogen-bond acceptors (Lipinski definition) is 2. The van der Waals surface area contributed by atoms with E-state index < -0.39 is 0 Å². The lowest BCUT2D eigenvalue weighted by molar-refractivity contribution is 0.347. The van der Waals surface area contributed by atoms with Crippen LogP contribution in [0.3, 0.4) is 0 Å². The van der Waals surface area contributed by atoms with Gasteiger partial charge in [-0.25, -0.2) is 0 Å². The minimum Gasteiger partial charge on any atom is -0.376 e. The van der Waals surface area contributed by atoms with Crippen LogP contribution >= 0.6 is 0 Å². The van der Waals surface area contributed by atoms with Crippen LogP contribution in [-0.2, 0) is 0 Å². The SMILES string of the molecule is CC1(C)C=CNC(N)C1. The smallest absolute Gasteiger partial charge is 0.0746 e. The van der Waals surface area contributed by atoms with Crippen LogP contribution in [0.25, 0.3) is 0 Å². The van der Waals surface area contributed by atoms with E-state index in [9.17, 15) is 0 Å². The summed E-state index contributed by atoms with van der Waals surface area (Å²) in [5.41, 5.74) is 5.93. The lowest BCUT2D eigenvalue weighted by Gasteiger charge is -2.28. The molecule has 1 atom stereocenters. The van der Waals surface area contributed by atoms with Crippen LogP contribution in [0.15, 0.2) is 12.3 Å². The molecule has 0 aromatic heterocycles. The molecular formula is C7H14N2. The second-order valence-electron chi connectivity index (χ2n) is 3.30. The van der Waals surface area contributed by atoms with Crippen molar-refractivity contribution in [3.05, 3.63) is 12.3 Å². The molecule has 2 nitrogen and oxygen atoms in total. The number of hydrogen-bond donors (Lipinski definition) is 2. The van der Waals surface area contributed by atoms with Gasteiger partial charge in [-0.2, -0.15) is 0 Å². The fourth-order valence-electron chi connectivity index (χ4n) is 1.09. The predicted octanol–water partition coefficient (Wildman–Crippen LogP) is 0.804. The van der Waals surface area contributed by atoms with E-state index in [2.05, 4.69) is 25.2 Å². The standard InChI is InChI=1S/C7H14N2/c1-7(2)3-4-9-6(8)5-7/h3-4,6,9H,5,8H2,1-2H3. The van der Waals surface area contributed by atoms with Gasteiger partial charge in [0.1, 0.15) is 0 Å². The maximum absolute atomic E-state index is 5.65. The molecule has 1 rings (SSSR count). The Balaban J connectivity index is 2.60. The molecule has 0 fully saturated rings. The molecule has 1 unspecified atom stereocenters. The number of allylic oxidation sites excluding steroid dienone is 1. The van der Waals surface area contributed by atoms with Crippen LogP contribution in [0.4, 0.5) is 0 Å². The van der Waals surface area contributed by atoms with Crippen LogP contribution in [0, 0.1) is 5.41 Å². The molecule has 0 bridgehead atoms. The molecule has 0 saturated carbocycles. The van der Waals surface area contributed by atoms with E-state index >= 15 is 0 Å². The van der Waals surface area contributed by atoms with Crippen molar-refractivity contribution in [2.24, 2.45) is 11.1 Å². The third-order valence-corrected chi connectivity index (χ3v) is 1.59. The topological polar surface area (TPSA) is 38.0 Å². The second-order valence-corrected chi connectivity index (χ2v) is 3.30. The molecular weight excluding hydrogens is 112 g/mol. The summed E-state index contributed by atoms with van der Waals surface area (Å²) in [5.74, 6) is 0. The Bertz CT molecular complexity index is 127. The maximum Gasteiger partial charge on any atom is 0.0746 e. The number of nitrogens with two attached hydrogens (primary N) is 1. The van der Waals surface area contributed by atoms with Crippen molar-refractivity contribution in [3.8, 4) is 0 Å². The molecule has 2 heteroatoms. The molecule has 0 spiro atoms.